The topological polar surface area (TPSA) is 44.8 Å². The summed E-state index contributed by atoms with van der Waals surface area (Å²) in [6, 6.07) is 3.28. The highest BCUT2D eigenvalue weighted by atomic mass is 35.5. The molecule has 0 spiro atoms. The zero-order chi connectivity index (χ0) is 15.8. The van der Waals surface area contributed by atoms with Gasteiger partial charge in [0.05, 0.1) is 35.9 Å². The highest BCUT2D eigenvalue weighted by Crippen LogP contribution is 2.40. The van der Waals surface area contributed by atoms with Crippen LogP contribution in [-0.2, 0) is 13.8 Å². The molecule has 0 heterocycles. The van der Waals surface area contributed by atoms with Crippen LogP contribution in [0.5, 0.6) is 0 Å². The molecule has 0 unspecified atom stereocenters. The van der Waals surface area contributed by atoms with Crippen molar-refractivity contribution in [2.24, 2.45) is 0 Å². The van der Waals surface area contributed by atoms with Gasteiger partial charge in [0.2, 0.25) is 0 Å². The minimum Gasteiger partial charge on any atom is -0.465 e. The van der Waals surface area contributed by atoms with E-state index >= 15 is 0 Å². The maximum atomic E-state index is 11.6. The Morgan fingerprint density at radius 2 is 1.71 bits per heavy atom. The SMILES string of the molecule is CCOP(/C=C/c1cc(Cl)c(C(=O)OC)c(Cl)c1)OCC. The molecule has 0 saturated heterocycles. The lowest BCUT2D eigenvalue weighted by atomic mass is 10.1. The zero-order valence-corrected chi connectivity index (χ0v) is 14.5. The van der Waals surface area contributed by atoms with Crippen LogP contribution >= 0.6 is 31.6 Å². The van der Waals surface area contributed by atoms with Crippen molar-refractivity contribution in [1.29, 1.82) is 0 Å². The van der Waals surface area contributed by atoms with E-state index in [0.717, 1.165) is 5.56 Å². The van der Waals surface area contributed by atoms with Crippen LogP contribution in [0, 0.1) is 0 Å². The monoisotopic (exact) mass is 350 g/mol. The van der Waals surface area contributed by atoms with Crippen molar-refractivity contribution in [2.45, 2.75) is 13.8 Å². The molecule has 0 aliphatic carbocycles. The third-order valence-corrected chi connectivity index (χ3v) is 4.37. The van der Waals surface area contributed by atoms with Gasteiger partial charge in [0.25, 0.3) is 0 Å². The summed E-state index contributed by atoms with van der Waals surface area (Å²) in [5.74, 6) is 1.26. The largest absolute Gasteiger partial charge is 0.465 e. The molecule has 0 saturated carbocycles. The van der Waals surface area contributed by atoms with Gasteiger partial charge < -0.3 is 13.8 Å². The van der Waals surface area contributed by atoms with Crippen LogP contribution in [0.4, 0.5) is 0 Å². The summed E-state index contributed by atoms with van der Waals surface area (Å²) in [7, 11) is 0.193. The Bertz CT molecular complexity index is 491. The second-order valence-corrected chi connectivity index (χ2v) is 5.99. The van der Waals surface area contributed by atoms with Crippen molar-refractivity contribution in [3.63, 3.8) is 0 Å². The maximum absolute atomic E-state index is 11.6. The summed E-state index contributed by atoms with van der Waals surface area (Å²) in [6.07, 6.45) is 1.80. The molecule has 0 amide bonds. The predicted molar refractivity (Wildman–Crippen MR) is 87.0 cm³/mol. The maximum Gasteiger partial charge on any atom is 0.340 e. The average Bonchev–Trinajstić information content (AvgIpc) is 2.44. The number of ether oxygens (including phenoxy) is 1. The van der Waals surface area contributed by atoms with Crippen molar-refractivity contribution < 1.29 is 18.6 Å². The van der Waals surface area contributed by atoms with Gasteiger partial charge in [-0.2, -0.15) is 0 Å². The van der Waals surface area contributed by atoms with E-state index in [-0.39, 0.29) is 15.6 Å². The molecule has 116 valence electrons. The van der Waals surface area contributed by atoms with Gasteiger partial charge in [-0.25, -0.2) is 4.79 Å². The Balaban J connectivity index is 2.97. The summed E-state index contributed by atoms with van der Waals surface area (Å²) in [4.78, 5) is 11.6. The smallest absolute Gasteiger partial charge is 0.340 e. The van der Waals surface area contributed by atoms with Crippen LogP contribution in [0.3, 0.4) is 0 Å². The molecule has 7 heteroatoms. The van der Waals surface area contributed by atoms with Crippen molar-refractivity contribution in [3.05, 3.63) is 39.1 Å². The van der Waals surface area contributed by atoms with E-state index in [9.17, 15) is 4.79 Å². The normalized spacial score (nSPS) is 11.3. The Morgan fingerprint density at radius 1 is 1.19 bits per heavy atom. The highest BCUT2D eigenvalue weighted by Gasteiger charge is 2.16. The summed E-state index contributed by atoms with van der Waals surface area (Å²) in [6.45, 7) is 4.94. The lowest BCUT2D eigenvalue weighted by molar-refractivity contribution is 0.0601. The van der Waals surface area contributed by atoms with E-state index < -0.39 is 14.3 Å². The molecule has 4 nitrogen and oxygen atoms in total. The number of hydrogen-bond acceptors (Lipinski definition) is 4. The first-order chi connectivity index (χ1) is 10.0. The lowest BCUT2D eigenvalue weighted by Crippen LogP contribution is -2.03. The van der Waals surface area contributed by atoms with E-state index in [0.29, 0.717) is 13.2 Å². The third kappa shape index (κ3) is 5.57. The number of carbonyl (C=O) groups is 1. The summed E-state index contributed by atoms with van der Waals surface area (Å²) < 4.78 is 15.6. The predicted octanol–water partition coefficient (Wildman–Crippen LogP) is 5.14. The third-order valence-electron chi connectivity index (χ3n) is 2.36. The fourth-order valence-corrected chi connectivity index (χ4v) is 3.22. The highest BCUT2D eigenvalue weighted by molar-refractivity contribution is 7.51. The first-order valence-corrected chi connectivity index (χ1v) is 8.34. The Hall–Kier alpha value is -0.640. The second-order valence-electron chi connectivity index (χ2n) is 3.79. The molecule has 1 rings (SSSR count). The fraction of sp³-hybridized carbons (Fsp3) is 0.357. The van der Waals surface area contributed by atoms with Crippen LogP contribution in [0.1, 0.15) is 29.8 Å². The molecule has 21 heavy (non-hydrogen) atoms. The van der Waals surface area contributed by atoms with E-state index in [1.807, 2.05) is 19.7 Å². The number of carbonyl (C=O) groups excluding carboxylic acids is 1. The average molecular weight is 351 g/mol. The molecular formula is C14H17Cl2O4P. The number of hydrogen-bond donors (Lipinski definition) is 0. The lowest BCUT2D eigenvalue weighted by Gasteiger charge is -2.11. The van der Waals surface area contributed by atoms with E-state index in [2.05, 4.69) is 4.74 Å². The van der Waals surface area contributed by atoms with Gasteiger partial charge in [-0.3, -0.25) is 0 Å². The van der Waals surface area contributed by atoms with Crippen LogP contribution < -0.4 is 0 Å². The van der Waals surface area contributed by atoms with E-state index in [1.165, 1.54) is 7.11 Å². The summed E-state index contributed by atoms with van der Waals surface area (Å²) in [5, 5.41) is 0.484. The second kappa shape index (κ2) is 9.39. The van der Waals surface area contributed by atoms with Gasteiger partial charge in [0.15, 0.2) is 8.38 Å². The molecule has 0 N–H and O–H groups in total. The molecule has 0 radical (unpaired) electrons. The number of halogens is 2. The van der Waals surface area contributed by atoms with Crippen molar-refractivity contribution in [2.75, 3.05) is 20.3 Å². The molecule has 1 aromatic rings. The molecule has 1 aromatic carbocycles. The van der Waals surface area contributed by atoms with Gasteiger partial charge in [-0.05, 0) is 43.4 Å². The summed E-state index contributed by atoms with van der Waals surface area (Å²) >= 11 is 12.1. The van der Waals surface area contributed by atoms with Crippen LogP contribution in [0.2, 0.25) is 10.0 Å². The number of methoxy groups -OCH3 is 1. The van der Waals surface area contributed by atoms with Crippen LogP contribution in [-0.4, -0.2) is 26.3 Å². The molecule has 0 aromatic heterocycles. The first-order valence-electron chi connectivity index (χ1n) is 6.34. The quantitative estimate of drug-likeness (QED) is 0.504. The molecule has 0 atom stereocenters. The molecule has 0 aliphatic heterocycles. The van der Waals surface area contributed by atoms with Gasteiger partial charge >= 0.3 is 5.97 Å². The standard InChI is InChI=1S/C14H17Cl2O4P/c1-4-19-21(20-5-2)7-6-10-8-11(15)13(12(16)9-10)14(17)18-3/h6-9H,4-5H2,1-3H3/b7-6+. The van der Waals surface area contributed by atoms with Crippen molar-refractivity contribution >= 4 is 43.6 Å². The first kappa shape index (κ1) is 18.4. The van der Waals surface area contributed by atoms with Crippen molar-refractivity contribution in [3.8, 4) is 0 Å². The van der Waals surface area contributed by atoms with Gasteiger partial charge in [0, 0.05) is 0 Å². The number of rotatable bonds is 7. The van der Waals surface area contributed by atoms with Crippen LogP contribution in [0.15, 0.2) is 17.9 Å². The van der Waals surface area contributed by atoms with Crippen LogP contribution in [0.25, 0.3) is 6.08 Å². The molecular weight excluding hydrogens is 334 g/mol. The number of esters is 1. The minimum absolute atomic E-state index is 0.162. The van der Waals surface area contributed by atoms with Crippen molar-refractivity contribution in [1.82, 2.24) is 0 Å². The van der Waals surface area contributed by atoms with Gasteiger partial charge in [-0.1, -0.05) is 23.2 Å². The Kier molecular flexibility index (Phi) is 8.23. The Morgan fingerprint density at radius 3 is 2.14 bits per heavy atom. The van der Waals surface area contributed by atoms with Gasteiger partial charge in [-0.15, -0.1) is 0 Å². The zero-order valence-electron chi connectivity index (χ0n) is 12.1. The minimum atomic E-state index is -1.09. The number of benzene rings is 1. The van der Waals surface area contributed by atoms with Gasteiger partial charge in [0.1, 0.15) is 0 Å². The summed E-state index contributed by atoms with van der Waals surface area (Å²) in [5.41, 5.74) is 0.916. The molecule has 0 bridgehead atoms. The van der Waals surface area contributed by atoms with E-state index in [1.54, 1.807) is 18.2 Å². The fourth-order valence-electron chi connectivity index (χ4n) is 1.51. The molecule has 0 aliphatic rings. The van der Waals surface area contributed by atoms with E-state index in [4.69, 9.17) is 32.2 Å². The molecule has 0 fully saturated rings. The Labute approximate surface area is 135 Å².